The molecule has 3 heterocycles. The number of para-hydroxylation sites is 1. The molecule has 2 aliphatic heterocycles. The molecule has 1 unspecified atom stereocenters. The summed E-state index contributed by atoms with van der Waals surface area (Å²) in [5.74, 6) is 0.797. The van der Waals surface area contributed by atoms with Crippen molar-refractivity contribution in [2.45, 2.75) is 19.8 Å². The summed E-state index contributed by atoms with van der Waals surface area (Å²) in [4.78, 5) is 24.0. The van der Waals surface area contributed by atoms with Crippen molar-refractivity contribution in [2.75, 3.05) is 49.1 Å². The molecule has 2 fully saturated rings. The molecule has 0 saturated carbocycles. The fourth-order valence-corrected chi connectivity index (χ4v) is 4.13. The number of amides is 1. The number of anilines is 2. The summed E-state index contributed by atoms with van der Waals surface area (Å²) < 4.78 is 0. The van der Waals surface area contributed by atoms with Gasteiger partial charge in [-0.1, -0.05) is 25.1 Å². The van der Waals surface area contributed by atoms with Gasteiger partial charge < -0.3 is 14.7 Å². The van der Waals surface area contributed by atoms with E-state index in [0.29, 0.717) is 11.5 Å². The molecule has 0 bridgehead atoms. The highest BCUT2D eigenvalue weighted by Crippen LogP contribution is 2.24. The van der Waals surface area contributed by atoms with Gasteiger partial charge in [-0.25, -0.2) is 0 Å². The van der Waals surface area contributed by atoms with E-state index >= 15 is 0 Å². The van der Waals surface area contributed by atoms with Crippen LogP contribution in [0.1, 0.15) is 30.1 Å². The van der Waals surface area contributed by atoms with E-state index in [0.717, 1.165) is 45.0 Å². The maximum absolute atomic E-state index is 13.0. The highest BCUT2D eigenvalue weighted by Gasteiger charge is 2.24. The van der Waals surface area contributed by atoms with E-state index in [1.807, 2.05) is 23.2 Å². The zero-order valence-corrected chi connectivity index (χ0v) is 16.1. The second-order valence-corrected chi connectivity index (χ2v) is 7.74. The number of hydrogen-bond donors (Lipinski definition) is 0. The Labute approximate surface area is 161 Å². The summed E-state index contributed by atoms with van der Waals surface area (Å²) in [7, 11) is 0. The zero-order valence-electron chi connectivity index (χ0n) is 16.1. The van der Waals surface area contributed by atoms with Crippen LogP contribution in [0.3, 0.4) is 0 Å². The molecule has 2 aromatic rings. The van der Waals surface area contributed by atoms with Crippen LogP contribution in [0, 0.1) is 5.92 Å². The molecular formula is C22H28N4O. The van der Waals surface area contributed by atoms with E-state index in [1.54, 1.807) is 6.20 Å². The first-order chi connectivity index (χ1) is 13.2. The zero-order chi connectivity index (χ0) is 18.6. The van der Waals surface area contributed by atoms with E-state index < -0.39 is 0 Å². The molecule has 1 atom stereocenters. The highest BCUT2D eigenvalue weighted by molar-refractivity contribution is 5.95. The predicted octanol–water partition coefficient (Wildman–Crippen LogP) is 3.28. The van der Waals surface area contributed by atoms with E-state index in [9.17, 15) is 4.79 Å². The molecule has 4 rings (SSSR count). The summed E-state index contributed by atoms with van der Waals surface area (Å²) in [6, 6.07) is 12.4. The third kappa shape index (κ3) is 4.07. The van der Waals surface area contributed by atoms with Crippen molar-refractivity contribution in [1.82, 2.24) is 9.88 Å². The van der Waals surface area contributed by atoms with Gasteiger partial charge in [-0.3, -0.25) is 9.78 Å². The quantitative estimate of drug-likeness (QED) is 0.838. The second-order valence-electron chi connectivity index (χ2n) is 7.74. The Hall–Kier alpha value is -2.56. The Bertz CT molecular complexity index is 771. The molecule has 27 heavy (non-hydrogen) atoms. The van der Waals surface area contributed by atoms with Gasteiger partial charge in [0, 0.05) is 51.2 Å². The number of carbonyl (C=O) groups excluding carboxylic acids is 1. The minimum absolute atomic E-state index is 0.0992. The van der Waals surface area contributed by atoms with Crippen LogP contribution in [0.5, 0.6) is 0 Å². The summed E-state index contributed by atoms with van der Waals surface area (Å²) >= 11 is 0. The van der Waals surface area contributed by atoms with Gasteiger partial charge in [0.25, 0.3) is 5.91 Å². The van der Waals surface area contributed by atoms with Gasteiger partial charge >= 0.3 is 0 Å². The number of hydrogen-bond acceptors (Lipinski definition) is 4. The Kier molecular flexibility index (Phi) is 5.28. The molecule has 1 aromatic heterocycles. The second kappa shape index (κ2) is 7.99. The molecular weight excluding hydrogens is 336 g/mol. The van der Waals surface area contributed by atoms with Crippen LogP contribution in [0.25, 0.3) is 0 Å². The molecule has 0 N–H and O–H groups in total. The van der Waals surface area contributed by atoms with Gasteiger partial charge in [-0.2, -0.15) is 0 Å². The van der Waals surface area contributed by atoms with Gasteiger partial charge in [0.1, 0.15) is 0 Å². The first-order valence-corrected chi connectivity index (χ1v) is 10.00. The molecule has 142 valence electrons. The van der Waals surface area contributed by atoms with Crippen LogP contribution in [-0.2, 0) is 0 Å². The smallest absolute Gasteiger partial charge is 0.255 e. The molecule has 0 aliphatic carbocycles. The lowest BCUT2D eigenvalue weighted by Crippen LogP contribution is -2.48. The number of piperazine rings is 1. The average molecular weight is 364 g/mol. The number of pyridine rings is 1. The first-order valence-electron chi connectivity index (χ1n) is 10.00. The Morgan fingerprint density at radius 1 is 0.963 bits per heavy atom. The monoisotopic (exact) mass is 364 g/mol. The van der Waals surface area contributed by atoms with Crippen LogP contribution < -0.4 is 9.80 Å². The Balaban J connectivity index is 1.41. The number of nitrogens with zero attached hydrogens (tertiary/aromatic N) is 4. The SMILES string of the molecule is CC1CCCN(c2cncc(C(=O)N3CCN(c4ccccc4)CC3)c2)C1. The van der Waals surface area contributed by atoms with Crippen molar-refractivity contribution < 1.29 is 4.79 Å². The summed E-state index contributed by atoms with van der Waals surface area (Å²) in [5, 5.41) is 0. The molecule has 5 nitrogen and oxygen atoms in total. The lowest BCUT2D eigenvalue weighted by Gasteiger charge is -2.36. The molecule has 2 saturated heterocycles. The normalized spacial score (nSPS) is 20.6. The molecule has 0 spiro atoms. The third-order valence-electron chi connectivity index (χ3n) is 5.68. The van der Waals surface area contributed by atoms with Crippen LogP contribution in [-0.4, -0.2) is 55.1 Å². The first kappa shape index (κ1) is 17.8. The maximum atomic E-state index is 13.0. The topological polar surface area (TPSA) is 39.7 Å². The van der Waals surface area contributed by atoms with Gasteiger partial charge in [-0.05, 0) is 37.0 Å². The fourth-order valence-electron chi connectivity index (χ4n) is 4.13. The van der Waals surface area contributed by atoms with Crippen molar-refractivity contribution in [1.29, 1.82) is 0 Å². The standard InChI is InChI=1S/C22H28N4O/c1-18-6-5-9-26(17-18)21-14-19(15-23-16-21)22(27)25-12-10-24(11-13-25)20-7-3-2-4-8-20/h2-4,7-8,14-16,18H,5-6,9-13,17H2,1H3. The van der Waals surface area contributed by atoms with Crippen LogP contribution in [0.2, 0.25) is 0 Å². The van der Waals surface area contributed by atoms with Gasteiger partial charge in [-0.15, -0.1) is 0 Å². The number of rotatable bonds is 3. The fraction of sp³-hybridized carbons (Fsp3) is 0.455. The van der Waals surface area contributed by atoms with E-state index in [1.165, 1.54) is 18.5 Å². The molecule has 2 aliphatic rings. The lowest BCUT2D eigenvalue weighted by molar-refractivity contribution is 0.0746. The largest absolute Gasteiger partial charge is 0.370 e. The third-order valence-corrected chi connectivity index (χ3v) is 5.68. The lowest BCUT2D eigenvalue weighted by atomic mass is 10.00. The Morgan fingerprint density at radius 3 is 2.48 bits per heavy atom. The molecule has 5 heteroatoms. The summed E-state index contributed by atoms with van der Waals surface area (Å²) in [6.45, 7) is 7.63. The number of piperidine rings is 1. The number of carbonyl (C=O) groups is 1. The van der Waals surface area contributed by atoms with Crippen molar-refractivity contribution in [2.24, 2.45) is 5.92 Å². The minimum Gasteiger partial charge on any atom is -0.370 e. The van der Waals surface area contributed by atoms with Crippen molar-refractivity contribution >= 4 is 17.3 Å². The predicted molar refractivity (Wildman–Crippen MR) is 109 cm³/mol. The highest BCUT2D eigenvalue weighted by atomic mass is 16.2. The molecule has 1 aromatic carbocycles. The van der Waals surface area contributed by atoms with Crippen molar-refractivity contribution in [3.05, 3.63) is 54.4 Å². The average Bonchev–Trinajstić information content (AvgIpc) is 2.74. The van der Waals surface area contributed by atoms with Gasteiger partial charge in [0.15, 0.2) is 0 Å². The van der Waals surface area contributed by atoms with E-state index in [4.69, 9.17) is 0 Å². The number of benzene rings is 1. The van der Waals surface area contributed by atoms with Crippen LogP contribution in [0.15, 0.2) is 48.8 Å². The molecule has 1 amide bonds. The van der Waals surface area contributed by atoms with Crippen LogP contribution >= 0.6 is 0 Å². The van der Waals surface area contributed by atoms with E-state index in [2.05, 4.69) is 46.0 Å². The van der Waals surface area contributed by atoms with Crippen molar-refractivity contribution in [3.63, 3.8) is 0 Å². The number of aromatic nitrogens is 1. The van der Waals surface area contributed by atoms with Gasteiger partial charge in [0.05, 0.1) is 17.4 Å². The van der Waals surface area contributed by atoms with E-state index in [-0.39, 0.29) is 5.91 Å². The Morgan fingerprint density at radius 2 is 1.74 bits per heavy atom. The summed E-state index contributed by atoms with van der Waals surface area (Å²) in [6.07, 6.45) is 6.10. The van der Waals surface area contributed by atoms with Gasteiger partial charge in [0.2, 0.25) is 0 Å². The van der Waals surface area contributed by atoms with Crippen molar-refractivity contribution in [3.8, 4) is 0 Å². The molecule has 0 radical (unpaired) electrons. The maximum Gasteiger partial charge on any atom is 0.255 e. The van der Waals surface area contributed by atoms with Crippen LogP contribution in [0.4, 0.5) is 11.4 Å². The summed E-state index contributed by atoms with van der Waals surface area (Å²) in [5.41, 5.74) is 3.02. The minimum atomic E-state index is 0.0992.